The molecule has 0 radical (unpaired) electrons. The Morgan fingerprint density at radius 3 is 2.76 bits per heavy atom. The van der Waals surface area contributed by atoms with Gasteiger partial charge in [0, 0.05) is 28.0 Å². The predicted molar refractivity (Wildman–Crippen MR) is 112 cm³/mol. The normalized spacial score (nSPS) is 18.2. The summed E-state index contributed by atoms with van der Waals surface area (Å²) in [5, 5.41) is 0.812. The Labute approximate surface area is 176 Å². The Bertz CT molecular complexity index is 1200. The number of amides is 1. The van der Waals surface area contributed by atoms with Crippen molar-refractivity contribution in [3.8, 4) is 0 Å². The molecule has 1 aliphatic heterocycles. The number of hydrogen-bond donors (Lipinski definition) is 0. The van der Waals surface area contributed by atoms with E-state index in [0.717, 1.165) is 9.86 Å². The van der Waals surface area contributed by atoms with Gasteiger partial charge in [-0.1, -0.05) is 28.1 Å². The molecule has 2 heterocycles. The molecule has 8 heteroatoms. The van der Waals surface area contributed by atoms with Gasteiger partial charge in [-0.25, -0.2) is 12.8 Å². The van der Waals surface area contributed by atoms with Crippen LogP contribution >= 0.6 is 15.9 Å². The Kier molecular flexibility index (Phi) is 5.25. The second-order valence-electron chi connectivity index (χ2n) is 7.32. The van der Waals surface area contributed by atoms with E-state index in [1.807, 2.05) is 12.1 Å². The summed E-state index contributed by atoms with van der Waals surface area (Å²) in [4.78, 5) is 14.9. The minimum Gasteiger partial charge on any atom is -0.451 e. The molecule has 2 aromatic carbocycles. The second kappa shape index (κ2) is 7.57. The molecule has 4 rings (SSSR count). The van der Waals surface area contributed by atoms with Crippen LogP contribution in [-0.4, -0.2) is 36.8 Å². The lowest BCUT2D eigenvalue weighted by atomic mass is 10.1. The quantitative estimate of drug-likeness (QED) is 0.553. The topological polar surface area (TPSA) is 67.6 Å². The number of aryl methyl sites for hydroxylation is 1. The van der Waals surface area contributed by atoms with Crippen molar-refractivity contribution >= 4 is 42.6 Å². The Morgan fingerprint density at radius 1 is 1.28 bits per heavy atom. The van der Waals surface area contributed by atoms with E-state index >= 15 is 0 Å². The van der Waals surface area contributed by atoms with Gasteiger partial charge in [0.15, 0.2) is 15.6 Å². The first kappa shape index (κ1) is 20.1. The molecular weight excluding hydrogens is 461 g/mol. The fourth-order valence-electron chi connectivity index (χ4n) is 3.75. The molecule has 29 heavy (non-hydrogen) atoms. The van der Waals surface area contributed by atoms with Crippen LogP contribution in [0.2, 0.25) is 0 Å². The summed E-state index contributed by atoms with van der Waals surface area (Å²) in [7, 11) is -3.20. The monoisotopic (exact) mass is 479 g/mol. The van der Waals surface area contributed by atoms with Gasteiger partial charge >= 0.3 is 0 Å². The number of carbonyl (C=O) groups excluding carboxylic acids is 1. The van der Waals surface area contributed by atoms with Crippen molar-refractivity contribution in [3.05, 3.63) is 69.6 Å². The van der Waals surface area contributed by atoms with Crippen molar-refractivity contribution in [1.29, 1.82) is 0 Å². The smallest absolute Gasteiger partial charge is 0.290 e. The largest absolute Gasteiger partial charge is 0.451 e. The number of hydrogen-bond acceptors (Lipinski definition) is 4. The van der Waals surface area contributed by atoms with E-state index in [1.54, 1.807) is 25.1 Å². The van der Waals surface area contributed by atoms with Crippen LogP contribution in [0.25, 0.3) is 11.0 Å². The average Bonchev–Trinajstić information content (AvgIpc) is 3.19. The molecule has 1 aromatic heterocycles. The van der Waals surface area contributed by atoms with Gasteiger partial charge in [0.05, 0.1) is 11.5 Å². The van der Waals surface area contributed by atoms with Gasteiger partial charge in [0.2, 0.25) is 0 Å². The van der Waals surface area contributed by atoms with E-state index in [9.17, 15) is 17.6 Å². The SMILES string of the molecule is Cc1c(C(=O)N(Cc2cccc(F)c2)[C@H]2CCS(=O)(=O)C2)oc2ccc(Br)cc12. The molecule has 152 valence electrons. The first-order valence-electron chi connectivity index (χ1n) is 9.18. The average molecular weight is 480 g/mol. The third-order valence-electron chi connectivity index (χ3n) is 5.24. The van der Waals surface area contributed by atoms with Crippen LogP contribution < -0.4 is 0 Å². The molecule has 0 spiro atoms. The summed E-state index contributed by atoms with van der Waals surface area (Å²) in [6.07, 6.45) is 0.355. The minimum absolute atomic E-state index is 0.0383. The molecule has 1 saturated heterocycles. The van der Waals surface area contributed by atoms with Crippen molar-refractivity contribution in [1.82, 2.24) is 4.90 Å². The van der Waals surface area contributed by atoms with E-state index in [2.05, 4.69) is 15.9 Å². The molecule has 0 saturated carbocycles. The Hall–Kier alpha value is -2.19. The summed E-state index contributed by atoms with van der Waals surface area (Å²) in [6, 6.07) is 11.0. The summed E-state index contributed by atoms with van der Waals surface area (Å²) in [5.74, 6) is -0.672. The number of halogens is 2. The molecule has 1 amide bonds. The van der Waals surface area contributed by atoms with Crippen LogP contribution in [0, 0.1) is 12.7 Å². The maximum Gasteiger partial charge on any atom is 0.290 e. The number of carbonyl (C=O) groups is 1. The van der Waals surface area contributed by atoms with E-state index < -0.39 is 21.7 Å². The molecule has 1 fully saturated rings. The zero-order valence-electron chi connectivity index (χ0n) is 15.7. The molecule has 5 nitrogen and oxygen atoms in total. The van der Waals surface area contributed by atoms with Gasteiger partial charge in [-0.15, -0.1) is 0 Å². The maximum absolute atomic E-state index is 13.7. The Balaban J connectivity index is 1.74. The van der Waals surface area contributed by atoms with Crippen LogP contribution in [0.15, 0.2) is 51.4 Å². The van der Waals surface area contributed by atoms with E-state index in [4.69, 9.17) is 4.42 Å². The lowest BCUT2D eigenvalue weighted by Crippen LogP contribution is -2.40. The summed E-state index contributed by atoms with van der Waals surface area (Å²) in [5.41, 5.74) is 1.87. The van der Waals surface area contributed by atoms with Crippen LogP contribution in [0.3, 0.4) is 0 Å². The highest BCUT2D eigenvalue weighted by molar-refractivity contribution is 9.10. The lowest BCUT2D eigenvalue weighted by Gasteiger charge is -2.28. The van der Waals surface area contributed by atoms with Gasteiger partial charge in [-0.05, 0) is 49.2 Å². The Morgan fingerprint density at radius 2 is 2.07 bits per heavy atom. The number of sulfone groups is 1. The zero-order valence-corrected chi connectivity index (χ0v) is 18.1. The number of fused-ring (bicyclic) bond motifs is 1. The standard InChI is InChI=1S/C21H19BrFNO4S/c1-13-18-10-15(22)5-6-19(18)28-20(13)21(25)24(17-7-8-29(26,27)12-17)11-14-3-2-4-16(23)9-14/h2-6,9-10,17H,7-8,11-12H2,1H3/t17-/m0/s1. The number of furan rings is 1. The zero-order chi connectivity index (χ0) is 20.8. The number of nitrogens with zero attached hydrogens (tertiary/aromatic N) is 1. The van der Waals surface area contributed by atoms with Crippen LogP contribution in [-0.2, 0) is 16.4 Å². The molecule has 1 atom stereocenters. The molecular formula is C21H19BrFNO4S. The van der Waals surface area contributed by atoms with Gasteiger partial charge in [-0.3, -0.25) is 4.79 Å². The number of benzene rings is 2. The third kappa shape index (κ3) is 4.09. The lowest BCUT2D eigenvalue weighted by molar-refractivity contribution is 0.0649. The third-order valence-corrected chi connectivity index (χ3v) is 7.49. The number of rotatable bonds is 4. The summed E-state index contributed by atoms with van der Waals surface area (Å²) >= 11 is 3.42. The highest BCUT2D eigenvalue weighted by Gasteiger charge is 2.36. The van der Waals surface area contributed by atoms with Crippen LogP contribution in [0.4, 0.5) is 4.39 Å². The van der Waals surface area contributed by atoms with E-state index in [-0.39, 0.29) is 29.7 Å². The summed E-state index contributed by atoms with van der Waals surface area (Å²) in [6.45, 7) is 1.91. The first-order valence-corrected chi connectivity index (χ1v) is 11.8. The van der Waals surface area contributed by atoms with Crippen molar-refractivity contribution < 1.29 is 22.0 Å². The van der Waals surface area contributed by atoms with Crippen LogP contribution in [0.1, 0.15) is 28.1 Å². The van der Waals surface area contributed by atoms with Crippen LogP contribution in [0.5, 0.6) is 0 Å². The molecule has 0 aliphatic carbocycles. The van der Waals surface area contributed by atoms with Crippen molar-refractivity contribution in [2.75, 3.05) is 11.5 Å². The van der Waals surface area contributed by atoms with Gasteiger partial charge in [-0.2, -0.15) is 0 Å². The van der Waals surface area contributed by atoms with Gasteiger partial charge < -0.3 is 9.32 Å². The predicted octanol–water partition coefficient (Wildman–Crippen LogP) is 4.47. The second-order valence-corrected chi connectivity index (χ2v) is 10.5. The molecule has 0 bridgehead atoms. The fourth-order valence-corrected chi connectivity index (χ4v) is 5.84. The first-order chi connectivity index (χ1) is 13.7. The maximum atomic E-state index is 13.7. The summed E-state index contributed by atoms with van der Waals surface area (Å²) < 4.78 is 44.4. The van der Waals surface area contributed by atoms with Crippen molar-refractivity contribution in [2.24, 2.45) is 0 Å². The highest BCUT2D eigenvalue weighted by Crippen LogP contribution is 2.31. The van der Waals surface area contributed by atoms with E-state index in [0.29, 0.717) is 23.1 Å². The molecule has 1 aliphatic rings. The highest BCUT2D eigenvalue weighted by atomic mass is 79.9. The molecule has 0 N–H and O–H groups in total. The van der Waals surface area contributed by atoms with Gasteiger partial charge in [0.1, 0.15) is 11.4 Å². The van der Waals surface area contributed by atoms with E-state index in [1.165, 1.54) is 17.0 Å². The van der Waals surface area contributed by atoms with Crippen molar-refractivity contribution in [3.63, 3.8) is 0 Å². The minimum atomic E-state index is -3.20. The fraction of sp³-hybridized carbons (Fsp3) is 0.286. The molecule has 3 aromatic rings. The van der Waals surface area contributed by atoms with Gasteiger partial charge in [0.25, 0.3) is 5.91 Å². The molecule has 0 unspecified atom stereocenters. The van der Waals surface area contributed by atoms with Crippen molar-refractivity contribution in [2.45, 2.75) is 25.9 Å².